The van der Waals surface area contributed by atoms with E-state index in [0.29, 0.717) is 11.1 Å². The number of nitriles is 1. The Morgan fingerprint density at radius 3 is 2.37 bits per heavy atom. The summed E-state index contributed by atoms with van der Waals surface area (Å²) in [7, 11) is 0. The third kappa shape index (κ3) is 5.58. The van der Waals surface area contributed by atoms with Crippen molar-refractivity contribution < 1.29 is 32.6 Å². The number of hydrogen-bond donors (Lipinski definition) is 1. The fourth-order valence-corrected chi connectivity index (χ4v) is 5.08. The van der Waals surface area contributed by atoms with Crippen molar-refractivity contribution in [2.75, 3.05) is 11.6 Å². The van der Waals surface area contributed by atoms with Gasteiger partial charge in [-0.25, -0.2) is 9.59 Å². The van der Waals surface area contributed by atoms with Crippen LogP contribution in [-0.4, -0.2) is 28.7 Å². The molecule has 1 heterocycles. The predicted molar refractivity (Wildman–Crippen MR) is 145 cm³/mol. The summed E-state index contributed by atoms with van der Waals surface area (Å²) in [6, 6.07) is 20.5. The largest absolute Gasteiger partial charge is 0.478 e. The number of anilines is 1. The number of ether oxygens (including phenoxy) is 1. The topological polar surface area (TPSA) is 93.9 Å². The zero-order valence-electron chi connectivity index (χ0n) is 22.1. The lowest BCUT2D eigenvalue weighted by atomic mass is 9.75. The van der Waals surface area contributed by atoms with E-state index in [1.807, 2.05) is 36.4 Å². The van der Waals surface area contributed by atoms with E-state index in [1.165, 1.54) is 36.1 Å². The second-order valence-electron chi connectivity index (χ2n) is 9.37. The van der Waals surface area contributed by atoms with Gasteiger partial charge in [-0.2, -0.15) is 18.4 Å². The molecule has 1 N–H and O–H groups in total. The summed E-state index contributed by atoms with van der Waals surface area (Å²) >= 11 is 0. The van der Waals surface area contributed by atoms with Crippen molar-refractivity contribution in [1.29, 1.82) is 5.26 Å². The van der Waals surface area contributed by atoms with Crippen LogP contribution in [0, 0.1) is 11.3 Å². The lowest BCUT2D eigenvalue weighted by Crippen LogP contribution is -2.61. The highest BCUT2D eigenvalue weighted by molar-refractivity contribution is 6.04. The van der Waals surface area contributed by atoms with Gasteiger partial charge in [-0.3, -0.25) is 9.80 Å². The Labute approximate surface area is 235 Å². The number of carboxylic acid groups (broad SMARTS) is 1. The molecule has 1 unspecified atom stereocenters. The summed E-state index contributed by atoms with van der Waals surface area (Å²) in [5.41, 5.74) is -1.62. The number of urea groups is 1. The van der Waals surface area contributed by atoms with Crippen molar-refractivity contribution in [2.24, 2.45) is 0 Å². The van der Waals surface area contributed by atoms with Gasteiger partial charge in [0.05, 0.1) is 35.1 Å². The zero-order chi connectivity index (χ0) is 29.8. The summed E-state index contributed by atoms with van der Waals surface area (Å²) in [6.45, 7) is 4.85. The van der Waals surface area contributed by atoms with Gasteiger partial charge in [0.2, 0.25) is 0 Å². The molecular weight excluding hydrogens is 535 g/mol. The molecule has 1 aliphatic rings. The maximum Gasteiger partial charge on any atom is 0.416 e. The van der Waals surface area contributed by atoms with E-state index in [9.17, 15) is 33.1 Å². The fraction of sp³-hybridized carbons (Fsp3) is 0.194. The van der Waals surface area contributed by atoms with Crippen LogP contribution in [0.4, 0.5) is 23.7 Å². The van der Waals surface area contributed by atoms with Gasteiger partial charge in [0.1, 0.15) is 12.3 Å². The third-order valence-electron chi connectivity index (χ3n) is 6.90. The summed E-state index contributed by atoms with van der Waals surface area (Å²) in [5.74, 6) is -1.38. The van der Waals surface area contributed by atoms with Crippen molar-refractivity contribution in [2.45, 2.75) is 31.7 Å². The minimum Gasteiger partial charge on any atom is -0.478 e. The highest BCUT2D eigenvalue weighted by Crippen LogP contribution is 2.47. The number of halogens is 3. The van der Waals surface area contributed by atoms with E-state index in [2.05, 4.69) is 6.58 Å². The van der Waals surface area contributed by atoms with Gasteiger partial charge in [-0.1, -0.05) is 54.6 Å². The average molecular weight is 562 g/mol. The Morgan fingerprint density at radius 1 is 1.10 bits per heavy atom. The molecule has 0 aliphatic carbocycles. The molecule has 0 saturated carbocycles. The maximum absolute atomic E-state index is 14.3. The Bertz CT molecular complexity index is 1530. The maximum atomic E-state index is 14.3. The molecule has 0 fully saturated rings. The number of amides is 2. The van der Waals surface area contributed by atoms with E-state index in [0.717, 1.165) is 28.7 Å². The minimum atomic E-state index is -4.68. The molecule has 0 radical (unpaired) electrons. The summed E-state index contributed by atoms with van der Waals surface area (Å²) < 4.78 is 46.6. The number of carbonyl (C=O) groups excluding carboxylic acids is 1. The van der Waals surface area contributed by atoms with Gasteiger partial charge in [0, 0.05) is 5.70 Å². The van der Waals surface area contributed by atoms with Gasteiger partial charge < -0.3 is 9.84 Å². The Morgan fingerprint density at radius 2 is 1.78 bits per heavy atom. The van der Waals surface area contributed by atoms with Gasteiger partial charge in [-0.15, -0.1) is 6.58 Å². The Hall–Kier alpha value is -4.88. The lowest BCUT2D eigenvalue weighted by molar-refractivity contribution is -0.138. The first-order valence-electron chi connectivity index (χ1n) is 12.5. The number of allylic oxidation sites excluding steroid dienone is 1. The molecular formula is C31H26F3N3O4. The van der Waals surface area contributed by atoms with Crippen LogP contribution in [0.1, 0.15) is 35.6 Å². The molecule has 4 rings (SSSR count). The molecule has 0 bridgehead atoms. The molecule has 10 heteroatoms. The Kier molecular flexibility index (Phi) is 8.31. The summed E-state index contributed by atoms with van der Waals surface area (Å²) in [6.07, 6.45) is -3.28. The van der Waals surface area contributed by atoms with Crippen LogP contribution in [0.15, 0.2) is 103 Å². The second-order valence-corrected chi connectivity index (χ2v) is 9.37. The Balaban J connectivity index is 1.94. The molecule has 210 valence electrons. The van der Waals surface area contributed by atoms with Gasteiger partial charge in [0.25, 0.3) is 0 Å². The monoisotopic (exact) mass is 561 g/mol. The molecule has 3 aromatic carbocycles. The van der Waals surface area contributed by atoms with Crippen molar-refractivity contribution in [3.63, 3.8) is 0 Å². The van der Waals surface area contributed by atoms with Gasteiger partial charge in [0.15, 0.2) is 0 Å². The normalized spacial score (nSPS) is 17.4. The smallest absolute Gasteiger partial charge is 0.416 e. The molecule has 2 amide bonds. The number of nitrogens with zero attached hydrogens (tertiary/aromatic N) is 3. The van der Waals surface area contributed by atoms with E-state index in [4.69, 9.17) is 4.74 Å². The molecule has 1 aliphatic heterocycles. The van der Waals surface area contributed by atoms with E-state index in [-0.39, 0.29) is 30.0 Å². The molecule has 0 aromatic heterocycles. The molecule has 3 aromatic rings. The van der Waals surface area contributed by atoms with E-state index in [1.54, 1.807) is 12.1 Å². The van der Waals surface area contributed by atoms with Crippen molar-refractivity contribution in [3.8, 4) is 6.07 Å². The number of carbonyl (C=O) groups is 2. The van der Waals surface area contributed by atoms with E-state index >= 15 is 0 Å². The number of carboxylic acids is 1. The van der Waals surface area contributed by atoms with Crippen LogP contribution in [0.2, 0.25) is 0 Å². The van der Waals surface area contributed by atoms with Crippen LogP contribution in [-0.2, 0) is 27.9 Å². The van der Waals surface area contributed by atoms with E-state index < -0.39 is 36.0 Å². The number of aliphatic carboxylic acids is 1. The number of hydrogen-bond acceptors (Lipinski definition) is 4. The quantitative estimate of drug-likeness (QED) is 0.289. The summed E-state index contributed by atoms with van der Waals surface area (Å²) in [4.78, 5) is 29.4. The fourth-order valence-electron chi connectivity index (χ4n) is 5.08. The molecule has 7 nitrogen and oxygen atoms in total. The van der Waals surface area contributed by atoms with Crippen LogP contribution in [0.5, 0.6) is 0 Å². The standard InChI is InChI=1S/C31H26F3N3O4/c1-3-16-30(24-14-12-22(18-35)13-15-24)27(28(38)39)21(2)37(26-11-7-10-25(17-26)31(32,33)34)29(40)36(30)20-41-19-23-8-5-4-6-9-23/h3-15,17H,1,16,19-20H2,2H3,(H,38,39). The zero-order valence-corrected chi connectivity index (χ0v) is 22.1. The van der Waals surface area contributed by atoms with Crippen molar-refractivity contribution in [3.05, 3.63) is 125 Å². The molecule has 1 atom stereocenters. The van der Waals surface area contributed by atoms with Crippen LogP contribution in [0.3, 0.4) is 0 Å². The number of benzene rings is 3. The molecule has 41 heavy (non-hydrogen) atoms. The molecule has 0 saturated heterocycles. The SMILES string of the molecule is C=CCC1(c2ccc(C#N)cc2)C(C(=O)O)=C(C)N(c2cccc(C(F)(F)F)c2)C(=O)N1COCc1ccccc1. The van der Waals surface area contributed by atoms with Crippen LogP contribution >= 0.6 is 0 Å². The first kappa shape index (κ1) is 29.1. The predicted octanol–water partition coefficient (Wildman–Crippen LogP) is 6.82. The third-order valence-corrected chi connectivity index (χ3v) is 6.90. The second kappa shape index (κ2) is 11.7. The van der Waals surface area contributed by atoms with Crippen molar-refractivity contribution >= 4 is 17.7 Å². The minimum absolute atomic E-state index is 0.0608. The highest BCUT2D eigenvalue weighted by atomic mass is 19.4. The highest BCUT2D eigenvalue weighted by Gasteiger charge is 2.53. The van der Waals surface area contributed by atoms with Crippen LogP contribution < -0.4 is 4.90 Å². The average Bonchev–Trinajstić information content (AvgIpc) is 2.95. The lowest BCUT2D eigenvalue weighted by Gasteiger charge is -2.50. The first-order valence-corrected chi connectivity index (χ1v) is 12.5. The first-order chi connectivity index (χ1) is 19.5. The van der Waals surface area contributed by atoms with Crippen LogP contribution in [0.25, 0.3) is 0 Å². The van der Waals surface area contributed by atoms with Crippen molar-refractivity contribution in [1.82, 2.24) is 4.90 Å². The number of rotatable bonds is 9. The molecule has 0 spiro atoms. The summed E-state index contributed by atoms with van der Waals surface area (Å²) in [5, 5.41) is 19.9. The van der Waals surface area contributed by atoms with Gasteiger partial charge >= 0.3 is 18.2 Å². The van der Waals surface area contributed by atoms with Gasteiger partial charge in [-0.05, 0) is 54.8 Å². The number of alkyl halides is 3.